The number of imidazole rings is 1. The van der Waals surface area contributed by atoms with Gasteiger partial charge in [-0.3, -0.25) is 4.79 Å². The van der Waals surface area contributed by atoms with E-state index >= 15 is 0 Å². The van der Waals surface area contributed by atoms with Crippen LogP contribution >= 0.6 is 0 Å². The summed E-state index contributed by atoms with van der Waals surface area (Å²) in [6.07, 6.45) is 3.09. The highest BCUT2D eigenvalue weighted by molar-refractivity contribution is 5.98. The van der Waals surface area contributed by atoms with Crippen molar-refractivity contribution in [2.45, 2.75) is 25.8 Å². The van der Waals surface area contributed by atoms with Gasteiger partial charge in [0, 0.05) is 36.5 Å². The second-order valence-electron chi connectivity index (χ2n) is 9.69. The first-order valence-corrected chi connectivity index (χ1v) is 13.0. The molecule has 188 valence electrons. The van der Waals surface area contributed by atoms with Gasteiger partial charge >= 0.3 is 0 Å². The fraction of sp³-hybridized carbons (Fsp3) is 0.267. The van der Waals surface area contributed by atoms with Gasteiger partial charge in [-0.15, -0.1) is 0 Å². The highest BCUT2D eigenvalue weighted by Crippen LogP contribution is 2.33. The Morgan fingerprint density at radius 3 is 2.62 bits per heavy atom. The molecule has 0 unspecified atom stereocenters. The average molecular weight is 494 g/mol. The Balaban J connectivity index is 1.38. The van der Waals surface area contributed by atoms with Crippen molar-refractivity contribution in [3.63, 3.8) is 0 Å². The summed E-state index contributed by atoms with van der Waals surface area (Å²) in [7, 11) is 0. The predicted molar refractivity (Wildman–Crippen MR) is 146 cm³/mol. The van der Waals surface area contributed by atoms with Crippen molar-refractivity contribution in [2.24, 2.45) is 5.73 Å². The Kier molecular flexibility index (Phi) is 6.37. The molecule has 3 N–H and O–H groups in total. The third kappa shape index (κ3) is 5.08. The van der Waals surface area contributed by atoms with Crippen LogP contribution in [0.15, 0.2) is 84.1 Å². The van der Waals surface area contributed by atoms with E-state index in [1.165, 1.54) is 5.57 Å². The van der Waals surface area contributed by atoms with E-state index in [0.717, 1.165) is 85.1 Å². The summed E-state index contributed by atoms with van der Waals surface area (Å²) < 4.78 is 8.24. The molecule has 1 aromatic heterocycles. The Hall–Kier alpha value is -4.10. The summed E-state index contributed by atoms with van der Waals surface area (Å²) >= 11 is 0. The molecule has 2 heterocycles. The molecule has 0 atom stereocenters. The lowest BCUT2D eigenvalue weighted by molar-refractivity contribution is 0.0766. The molecule has 0 radical (unpaired) electrons. The van der Waals surface area contributed by atoms with Crippen LogP contribution in [0.4, 0.5) is 0 Å². The Morgan fingerprint density at radius 1 is 0.946 bits per heavy atom. The molecular weight excluding hydrogens is 462 g/mol. The zero-order valence-corrected chi connectivity index (χ0v) is 20.8. The summed E-state index contributed by atoms with van der Waals surface area (Å²) in [6.45, 7) is 3.81. The summed E-state index contributed by atoms with van der Waals surface area (Å²) in [4.78, 5) is 20.2. The van der Waals surface area contributed by atoms with Crippen LogP contribution in [-0.4, -0.2) is 46.5 Å². The van der Waals surface area contributed by atoms with Gasteiger partial charge in [-0.05, 0) is 73.8 Å². The van der Waals surface area contributed by atoms with Crippen LogP contribution in [0.5, 0.6) is 11.5 Å². The fourth-order valence-corrected chi connectivity index (χ4v) is 4.86. The highest BCUT2D eigenvalue weighted by atomic mass is 16.5. The van der Waals surface area contributed by atoms with Crippen LogP contribution in [0.1, 0.15) is 29.6 Å². The second-order valence-corrected chi connectivity index (χ2v) is 9.69. The molecule has 1 saturated heterocycles. The van der Waals surface area contributed by atoms with Gasteiger partial charge in [0.05, 0.1) is 17.6 Å². The number of fused-ring (bicyclic) bond motifs is 1. The first-order chi connectivity index (χ1) is 18.2. The third-order valence-electron chi connectivity index (χ3n) is 6.98. The van der Waals surface area contributed by atoms with Crippen LogP contribution in [0, 0.1) is 0 Å². The maximum Gasteiger partial charge on any atom is 0.253 e. The first kappa shape index (κ1) is 23.3. The van der Waals surface area contributed by atoms with Crippen LogP contribution in [0.3, 0.4) is 0 Å². The monoisotopic (exact) mass is 493 g/mol. The van der Waals surface area contributed by atoms with Gasteiger partial charge in [0.25, 0.3) is 5.91 Å². The number of amides is 1. The summed E-state index contributed by atoms with van der Waals surface area (Å²) in [5, 5.41) is 3.36. The van der Waals surface area contributed by atoms with E-state index in [0.29, 0.717) is 12.1 Å². The number of hydrogen-bond acceptors (Lipinski definition) is 5. The number of carbonyl (C=O) groups is 1. The minimum absolute atomic E-state index is 0.0552. The zero-order valence-electron chi connectivity index (χ0n) is 20.8. The van der Waals surface area contributed by atoms with Gasteiger partial charge in [-0.1, -0.05) is 30.3 Å². The van der Waals surface area contributed by atoms with Gasteiger partial charge in [-0.2, -0.15) is 0 Å². The molecule has 3 aromatic carbocycles. The van der Waals surface area contributed by atoms with Crippen LogP contribution in [0.2, 0.25) is 0 Å². The van der Waals surface area contributed by atoms with Crippen LogP contribution in [-0.2, 0) is 6.54 Å². The van der Waals surface area contributed by atoms with Crippen molar-refractivity contribution in [3.05, 3.63) is 89.6 Å². The van der Waals surface area contributed by atoms with Crippen molar-refractivity contribution in [3.8, 4) is 22.9 Å². The van der Waals surface area contributed by atoms with E-state index in [9.17, 15) is 4.79 Å². The van der Waals surface area contributed by atoms with E-state index in [-0.39, 0.29) is 5.91 Å². The Labute approximate surface area is 216 Å². The molecule has 37 heavy (non-hydrogen) atoms. The number of ether oxygens (including phenoxy) is 1. The minimum atomic E-state index is 0.0552. The average Bonchev–Trinajstić information content (AvgIpc) is 3.75. The maximum atomic E-state index is 13.3. The fourth-order valence-electron chi connectivity index (χ4n) is 4.86. The third-order valence-corrected chi connectivity index (χ3v) is 6.98. The molecule has 1 saturated carbocycles. The van der Waals surface area contributed by atoms with Crippen molar-refractivity contribution < 1.29 is 9.53 Å². The number of nitrogens with zero attached hydrogens (tertiary/aromatic N) is 3. The van der Waals surface area contributed by atoms with Gasteiger partial charge in [0.1, 0.15) is 17.3 Å². The largest absolute Gasteiger partial charge is 0.457 e. The molecule has 1 aliphatic heterocycles. The minimum Gasteiger partial charge on any atom is -0.457 e. The van der Waals surface area contributed by atoms with E-state index in [1.54, 1.807) is 0 Å². The number of nitrogens with one attached hydrogen (secondary N) is 1. The lowest BCUT2D eigenvalue weighted by Crippen LogP contribution is -2.34. The Morgan fingerprint density at radius 2 is 1.78 bits per heavy atom. The van der Waals surface area contributed by atoms with Crippen molar-refractivity contribution in [1.82, 2.24) is 19.8 Å². The number of nitrogens with two attached hydrogens (primary N) is 1. The SMILES string of the molecule is NC(Cn1c(-c2cccc(Oc3ccccc3)c2)nc2cc(C(=O)N3CCCNCC3)ccc21)=C1CC1. The van der Waals surface area contributed by atoms with Crippen LogP contribution in [0.25, 0.3) is 22.4 Å². The number of rotatable bonds is 6. The van der Waals surface area contributed by atoms with E-state index in [1.807, 2.05) is 77.7 Å². The molecule has 2 aliphatic rings. The van der Waals surface area contributed by atoms with Crippen molar-refractivity contribution in [2.75, 3.05) is 26.2 Å². The van der Waals surface area contributed by atoms with E-state index in [4.69, 9.17) is 15.5 Å². The van der Waals surface area contributed by atoms with Gasteiger partial charge in [-0.25, -0.2) is 4.98 Å². The normalized spacial score (nSPS) is 15.5. The lowest BCUT2D eigenvalue weighted by atomic mass is 10.1. The van der Waals surface area contributed by atoms with Crippen LogP contribution < -0.4 is 15.8 Å². The standard InChI is InChI=1S/C30H31N5O2/c31-26(21-10-11-21)20-35-28-13-12-23(30(36)34-16-5-14-32-15-17-34)19-27(28)33-29(35)22-6-4-9-25(18-22)37-24-7-2-1-3-8-24/h1-4,6-9,12-13,18-19,32H,5,10-11,14-17,20,31H2. The van der Waals surface area contributed by atoms with E-state index in [2.05, 4.69) is 9.88 Å². The molecule has 0 spiro atoms. The number of para-hydroxylation sites is 1. The number of benzene rings is 3. The molecule has 1 aliphatic carbocycles. The van der Waals surface area contributed by atoms with Crippen molar-refractivity contribution >= 4 is 16.9 Å². The molecular formula is C30H31N5O2. The summed E-state index contributed by atoms with van der Waals surface area (Å²) in [5.74, 6) is 2.38. The van der Waals surface area contributed by atoms with Gasteiger partial charge in [0.15, 0.2) is 0 Å². The van der Waals surface area contributed by atoms with E-state index < -0.39 is 0 Å². The molecule has 0 bridgehead atoms. The zero-order chi connectivity index (χ0) is 25.2. The molecule has 2 fully saturated rings. The smallest absolute Gasteiger partial charge is 0.253 e. The summed E-state index contributed by atoms with van der Waals surface area (Å²) in [5.41, 5.74) is 12.0. The molecule has 6 rings (SSSR count). The number of aromatic nitrogens is 2. The molecule has 7 heteroatoms. The number of carbonyl (C=O) groups excluding carboxylic acids is 1. The number of allylic oxidation sites excluding steroid dienone is 2. The topological polar surface area (TPSA) is 85.4 Å². The molecule has 4 aromatic rings. The maximum absolute atomic E-state index is 13.3. The van der Waals surface area contributed by atoms with Gasteiger partial charge < -0.3 is 25.3 Å². The first-order valence-electron chi connectivity index (χ1n) is 13.0. The lowest BCUT2D eigenvalue weighted by Gasteiger charge is -2.20. The molecule has 7 nitrogen and oxygen atoms in total. The van der Waals surface area contributed by atoms with Gasteiger partial charge in [0.2, 0.25) is 0 Å². The number of hydrogen-bond donors (Lipinski definition) is 2. The van der Waals surface area contributed by atoms with Crippen molar-refractivity contribution in [1.29, 1.82) is 0 Å². The second kappa shape index (κ2) is 10.1. The Bertz CT molecular complexity index is 1460. The predicted octanol–water partition coefficient (Wildman–Crippen LogP) is 4.94. The quantitative estimate of drug-likeness (QED) is 0.398. The highest BCUT2D eigenvalue weighted by Gasteiger charge is 2.22. The summed E-state index contributed by atoms with van der Waals surface area (Å²) in [6, 6.07) is 23.5. The molecule has 1 amide bonds.